The van der Waals surface area contributed by atoms with Gasteiger partial charge in [0.1, 0.15) is 5.75 Å². The summed E-state index contributed by atoms with van der Waals surface area (Å²) in [6, 6.07) is 7.24. The second kappa shape index (κ2) is 7.22. The number of ether oxygens (including phenoxy) is 4. The van der Waals surface area contributed by atoms with Gasteiger partial charge in [-0.15, -0.1) is 0 Å². The molecule has 0 fully saturated rings. The molecule has 5 heteroatoms. The molecular weight excluding hydrogens is 296 g/mol. The average Bonchev–Trinajstić information content (AvgIpc) is 2.52. The summed E-state index contributed by atoms with van der Waals surface area (Å²) >= 11 is 0. The van der Waals surface area contributed by atoms with Crippen LogP contribution in [0.5, 0.6) is 23.0 Å². The Morgan fingerprint density at radius 2 is 1.65 bits per heavy atom. The highest BCUT2D eigenvalue weighted by Gasteiger charge is 2.19. The maximum atomic E-state index is 12.0. The second-order valence-electron chi connectivity index (χ2n) is 5.57. The van der Waals surface area contributed by atoms with Crippen LogP contribution in [-0.2, 0) is 4.79 Å². The van der Waals surface area contributed by atoms with E-state index < -0.39 is 0 Å². The molecule has 0 aromatic heterocycles. The van der Waals surface area contributed by atoms with E-state index >= 15 is 0 Å². The van der Waals surface area contributed by atoms with E-state index in [0.717, 1.165) is 10.8 Å². The molecule has 0 unspecified atom stereocenters. The first-order valence-corrected chi connectivity index (χ1v) is 7.44. The van der Waals surface area contributed by atoms with Gasteiger partial charge < -0.3 is 18.9 Å². The number of hydrogen-bond acceptors (Lipinski definition) is 5. The molecule has 2 aromatic carbocycles. The monoisotopic (exact) mass is 318 g/mol. The fourth-order valence-corrected chi connectivity index (χ4v) is 2.46. The van der Waals surface area contributed by atoms with Gasteiger partial charge in [-0.05, 0) is 18.1 Å². The number of benzene rings is 2. The fourth-order valence-electron chi connectivity index (χ4n) is 2.46. The van der Waals surface area contributed by atoms with E-state index in [2.05, 4.69) is 0 Å². The SMILES string of the molecule is COc1cc2c(OC(=O)CC(C)C)cccc2c(OC)c1OC. The number of carbonyl (C=O) groups excluding carboxylic acids is 1. The van der Waals surface area contributed by atoms with Crippen LogP contribution in [0, 0.1) is 5.92 Å². The Morgan fingerprint density at radius 3 is 2.22 bits per heavy atom. The Kier molecular flexibility index (Phi) is 5.32. The molecule has 0 saturated heterocycles. The van der Waals surface area contributed by atoms with Crippen molar-refractivity contribution in [3.05, 3.63) is 24.3 Å². The molecule has 0 saturated carbocycles. The van der Waals surface area contributed by atoms with Crippen LogP contribution >= 0.6 is 0 Å². The zero-order chi connectivity index (χ0) is 17.0. The minimum absolute atomic E-state index is 0.238. The van der Waals surface area contributed by atoms with E-state index in [9.17, 15) is 4.79 Å². The molecule has 2 rings (SSSR count). The lowest BCUT2D eigenvalue weighted by Gasteiger charge is -2.16. The van der Waals surface area contributed by atoms with Gasteiger partial charge in [0.15, 0.2) is 11.5 Å². The van der Waals surface area contributed by atoms with Crippen LogP contribution in [0.15, 0.2) is 24.3 Å². The van der Waals surface area contributed by atoms with Gasteiger partial charge in [-0.3, -0.25) is 4.79 Å². The van der Waals surface area contributed by atoms with E-state index in [4.69, 9.17) is 18.9 Å². The number of rotatable bonds is 6. The molecule has 0 heterocycles. The number of methoxy groups -OCH3 is 3. The summed E-state index contributed by atoms with van der Waals surface area (Å²) < 4.78 is 21.7. The molecule has 0 aliphatic heterocycles. The van der Waals surface area contributed by atoms with Crippen LogP contribution in [-0.4, -0.2) is 27.3 Å². The van der Waals surface area contributed by atoms with Crippen LogP contribution < -0.4 is 18.9 Å². The molecule has 0 spiro atoms. The Hall–Kier alpha value is -2.43. The summed E-state index contributed by atoms with van der Waals surface area (Å²) in [5, 5.41) is 1.53. The highest BCUT2D eigenvalue weighted by atomic mass is 16.5. The molecule has 0 radical (unpaired) electrons. The van der Waals surface area contributed by atoms with Gasteiger partial charge in [0.05, 0.1) is 21.3 Å². The Morgan fingerprint density at radius 1 is 0.957 bits per heavy atom. The molecule has 5 nitrogen and oxygen atoms in total. The molecule has 23 heavy (non-hydrogen) atoms. The van der Waals surface area contributed by atoms with Gasteiger partial charge in [-0.25, -0.2) is 0 Å². The summed E-state index contributed by atoms with van der Waals surface area (Å²) in [5.74, 6) is 2.02. The summed E-state index contributed by atoms with van der Waals surface area (Å²) in [6.45, 7) is 3.95. The van der Waals surface area contributed by atoms with E-state index in [1.807, 2.05) is 26.0 Å². The van der Waals surface area contributed by atoms with Crippen LogP contribution in [0.1, 0.15) is 20.3 Å². The third-order valence-corrected chi connectivity index (χ3v) is 3.44. The fraction of sp³-hybridized carbons (Fsp3) is 0.389. The number of carbonyl (C=O) groups is 1. The predicted octanol–water partition coefficient (Wildman–Crippen LogP) is 3.82. The Labute approximate surface area is 136 Å². The minimum atomic E-state index is -0.263. The minimum Gasteiger partial charge on any atom is -0.493 e. The first-order valence-electron chi connectivity index (χ1n) is 7.44. The van der Waals surface area contributed by atoms with Gasteiger partial charge in [0.25, 0.3) is 0 Å². The molecular formula is C18H22O5. The van der Waals surface area contributed by atoms with Crippen LogP contribution in [0.4, 0.5) is 0 Å². The van der Waals surface area contributed by atoms with Crippen molar-refractivity contribution in [2.75, 3.05) is 21.3 Å². The predicted molar refractivity (Wildman–Crippen MR) is 88.7 cm³/mol. The third-order valence-electron chi connectivity index (χ3n) is 3.44. The van der Waals surface area contributed by atoms with Crippen molar-refractivity contribution in [2.24, 2.45) is 5.92 Å². The first kappa shape index (κ1) is 16.9. The average molecular weight is 318 g/mol. The molecule has 2 aromatic rings. The van der Waals surface area contributed by atoms with Crippen molar-refractivity contribution < 1.29 is 23.7 Å². The second-order valence-corrected chi connectivity index (χ2v) is 5.57. The maximum Gasteiger partial charge on any atom is 0.311 e. The molecule has 124 valence electrons. The Bertz CT molecular complexity index is 706. The molecule has 0 N–H and O–H groups in total. The van der Waals surface area contributed by atoms with Crippen molar-refractivity contribution >= 4 is 16.7 Å². The Balaban J connectivity index is 2.58. The van der Waals surface area contributed by atoms with Gasteiger partial charge in [-0.1, -0.05) is 26.0 Å². The van der Waals surface area contributed by atoms with Crippen LogP contribution in [0.2, 0.25) is 0 Å². The molecule has 0 bridgehead atoms. The van der Waals surface area contributed by atoms with Gasteiger partial charge >= 0.3 is 5.97 Å². The summed E-state index contributed by atoms with van der Waals surface area (Å²) in [4.78, 5) is 12.0. The smallest absolute Gasteiger partial charge is 0.311 e. The standard InChI is InChI=1S/C18H22O5/c1-11(2)9-16(19)23-14-8-6-7-12-13(14)10-15(20-3)18(22-5)17(12)21-4/h6-8,10-11H,9H2,1-5H3. The quantitative estimate of drug-likeness (QED) is 0.599. The van der Waals surface area contributed by atoms with E-state index in [1.54, 1.807) is 33.5 Å². The molecule has 0 aliphatic carbocycles. The zero-order valence-corrected chi connectivity index (χ0v) is 14.1. The topological polar surface area (TPSA) is 54.0 Å². The lowest BCUT2D eigenvalue weighted by Crippen LogP contribution is -2.11. The normalized spacial score (nSPS) is 10.7. The van der Waals surface area contributed by atoms with Gasteiger partial charge in [0.2, 0.25) is 5.75 Å². The zero-order valence-electron chi connectivity index (χ0n) is 14.1. The van der Waals surface area contributed by atoms with E-state index in [1.165, 1.54) is 0 Å². The maximum absolute atomic E-state index is 12.0. The highest BCUT2D eigenvalue weighted by molar-refractivity contribution is 5.98. The van der Waals surface area contributed by atoms with Crippen LogP contribution in [0.3, 0.4) is 0 Å². The summed E-state index contributed by atoms with van der Waals surface area (Å²) in [7, 11) is 4.67. The van der Waals surface area contributed by atoms with Gasteiger partial charge in [-0.2, -0.15) is 0 Å². The molecule has 0 atom stereocenters. The van der Waals surface area contributed by atoms with Gasteiger partial charge in [0, 0.05) is 17.2 Å². The molecule has 0 amide bonds. The highest BCUT2D eigenvalue weighted by Crippen LogP contribution is 2.45. The summed E-state index contributed by atoms with van der Waals surface area (Å²) in [5.41, 5.74) is 0. The van der Waals surface area contributed by atoms with Crippen LogP contribution in [0.25, 0.3) is 10.8 Å². The van der Waals surface area contributed by atoms with Crippen molar-refractivity contribution in [1.29, 1.82) is 0 Å². The van der Waals surface area contributed by atoms with E-state index in [-0.39, 0.29) is 11.9 Å². The largest absolute Gasteiger partial charge is 0.493 e. The molecule has 0 aliphatic rings. The lowest BCUT2D eigenvalue weighted by atomic mass is 10.1. The summed E-state index contributed by atoms with van der Waals surface area (Å²) in [6.07, 6.45) is 0.362. The third kappa shape index (κ3) is 3.50. The first-order chi connectivity index (χ1) is 11.0. The lowest BCUT2D eigenvalue weighted by molar-refractivity contribution is -0.135. The number of hydrogen-bond donors (Lipinski definition) is 0. The number of fused-ring (bicyclic) bond motifs is 1. The van der Waals surface area contributed by atoms with Crippen molar-refractivity contribution in [2.45, 2.75) is 20.3 Å². The van der Waals surface area contributed by atoms with Crippen molar-refractivity contribution in [1.82, 2.24) is 0 Å². The van der Waals surface area contributed by atoms with Crippen molar-refractivity contribution in [3.8, 4) is 23.0 Å². The van der Waals surface area contributed by atoms with E-state index in [0.29, 0.717) is 29.4 Å². The van der Waals surface area contributed by atoms with Crippen molar-refractivity contribution in [3.63, 3.8) is 0 Å². The number of esters is 1.